The maximum atomic E-state index is 12.7. The first-order chi connectivity index (χ1) is 12.7. The number of aryl methyl sites for hydroxylation is 3. The molecule has 27 heavy (non-hydrogen) atoms. The van der Waals surface area contributed by atoms with Gasteiger partial charge in [0.15, 0.2) is 0 Å². The maximum absolute atomic E-state index is 12.7. The van der Waals surface area contributed by atoms with Gasteiger partial charge in [-0.1, -0.05) is 13.0 Å². The molecule has 0 saturated heterocycles. The molecule has 7 nitrogen and oxygen atoms in total. The zero-order valence-electron chi connectivity index (χ0n) is 16.3. The highest BCUT2D eigenvalue weighted by atomic mass is 32.2. The Morgan fingerprint density at radius 3 is 2.59 bits per heavy atom. The highest BCUT2D eigenvalue weighted by molar-refractivity contribution is 7.92. The molecule has 0 aliphatic carbocycles. The number of nitrogens with zero attached hydrogens (tertiary/aromatic N) is 3. The molecule has 1 atom stereocenters. The molecule has 0 spiro atoms. The van der Waals surface area contributed by atoms with Crippen molar-refractivity contribution < 1.29 is 13.2 Å². The number of rotatable bonds is 9. The summed E-state index contributed by atoms with van der Waals surface area (Å²) in [6.45, 7) is 6.92. The smallest absolute Gasteiger partial charge is 0.243 e. The summed E-state index contributed by atoms with van der Waals surface area (Å²) >= 11 is 0. The van der Waals surface area contributed by atoms with E-state index in [1.165, 1.54) is 4.31 Å². The Hall–Kier alpha value is -2.35. The second-order valence-corrected chi connectivity index (χ2v) is 8.56. The van der Waals surface area contributed by atoms with Gasteiger partial charge in [-0.15, -0.1) is 0 Å². The van der Waals surface area contributed by atoms with Crippen LogP contribution in [0.2, 0.25) is 0 Å². The van der Waals surface area contributed by atoms with Crippen molar-refractivity contribution in [1.29, 1.82) is 0 Å². The number of carbonyl (C=O) groups excluding carboxylic acids is 1. The normalized spacial score (nSPS) is 12.6. The number of sulfonamides is 1. The van der Waals surface area contributed by atoms with Crippen molar-refractivity contribution in [3.63, 3.8) is 0 Å². The molecule has 0 fully saturated rings. The van der Waals surface area contributed by atoms with Gasteiger partial charge in [-0.25, -0.2) is 13.4 Å². The second kappa shape index (κ2) is 9.03. The zero-order valence-corrected chi connectivity index (χ0v) is 17.2. The minimum atomic E-state index is -3.61. The van der Waals surface area contributed by atoms with Crippen LogP contribution in [-0.4, -0.2) is 42.7 Å². The lowest BCUT2D eigenvalue weighted by atomic mass is 10.1. The standard InChI is InChI=1S/C19H28N4O3S/c1-5-18(19(24)21-9-6-11-22-12-10-20-14-22)23(27(4,25)26)17-8-7-15(2)16(3)13-17/h7-8,10,12-14,18H,5-6,9,11H2,1-4H3,(H,21,24). The molecule has 1 amide bonds. The Morgan fingerprint density at radius 2 is 2.04 bits per heavy atom. The van der Waals surface area contributed by atoms with Gasteiger partial charge in [0.1, 0.15) is 6.04 Å². The average Bonchev–Trinajstić information content (AvgIpc) is 3.11. The van der Waals surface area contributed by atoms with Crippen LogP contribution in [0, 0.1) is 13.8 Å². The molecule has 0 aliphatic heterocycles. The molecule has 1 N–H and O–H groups in total. The molecule has 2 rings (SSSR count). The lowest BCUT2D eigenvalue weighted by Gasteiger charge is -2.30. The largest absolute Gasteiger partial charge is 0.354 e. The fourth-order valence-corrected chi connectivity index (χ4v) is 4.14. The molecule has 1 aromatic carbocycles. The number of hydrogen-bond acceptors (Lipinski definition) is 4. The molecule has 1 aromatic heterocycles. The predicted octanol–water partition coefficient (Wildman–Crippen LogP) is 2.25. The van der Waals surface area contributed by atoms with Crippen molar-refractivity contribution in [3.05, 3.63) is 48.0 Å². The molecular weight excluding hydrogens is 364 g/mol. The molecule has 8 heteroatoms. The van der Waals surface area contributed by atoms with E-state index in [1.54, 1.807) is 18.6 Å². The van der Waals surface area contributed by atoms with Gasteiger partial charge in [-0.2, -0.15) is 0 Å². The van der Waals surface area contributed by atoms with E-state index in [0.29, 0.717) is 18.7 Å². The Balaban J connectivity index is 2.11. The molecule has 1 heterocycles. The van der Waals surface area contributed by atoms with Crippen molar-refractivity contribution in [2.45, 2.75) is 46.2 Å². The highest BCUT2D eigenvalue weighted by Crippen LogP contribution is 2.25. The first-order valence-electron chi connectivity index (χ1n) is 9.04. The Morgan fingerprint density at radius 1 is 1.30 bits per heavy atom. The van der Waals surface area contributed by atoms with E-state index < -0.39 is 16.1 Å². The number of anilines is 1. The monoisotopic (exact) mass is 392 g/mol. The molecule has 148 valence electrons. The first kappa shape index (κ1) is 21.0. The minimum absolute atomic E-state index is 0.285. The summed E-state index contributed by atoms with van der Waals surface area (Å²) in [6.07, 6.45) is 7.55. The number of aromatic nitrogens is 2. The molecule has 0 bridgehead atoms. The zero-order chi connectivity index (χ0) is 20.0. The van der Waals surface area contributed by atoms with Crippen LogP contribution in [-0.2, 0) is 21.4 Å². The molecular formula is C19H28N4O3S. The van der Waals surface area contributed by atoms with E-state index in [-0.39, 0.29) is 5.91 Å². The molecule has 0 radical (unpaired) electrons. The maximum Gasteiger partial charge on any atom is 0.243 e. The highest BCUT2D eigenvalue weighted by Gasteiger charge is 2.31. The van der Waals surface area contributed by atoms with Gasteiger partial charge in [0.2, 0.25) is 15.9 Å². The van der Waals surface area contributed by atoms with Crippen LogP contribution in [0.4, 0.5) is 5.69 Å². The third-order valence-corrected chi connectivity index (χ3v) is 5.71. The van der Waals surface area contributed by atoms with Crippen LogP contribution < -0.4 is 9.62 Å². The fraction of sp³-hybridized carbons (Fsp3) is 0.474. The van der Waals surface area contributed by atoms with Crippen LogP contribution in [0.5, 0.6) is 0 Å². The number of amides is 1. The molecule has 0 aliphatic rings. The minimum Gasteiger partial charge on any atom is -0.354 e. The summed E-state index contributed by atoms with van der Waals surface area (Å²) in [4.78, 5) is 16.7. The van der Waals surface area contributed by atoms with Crippen molar-refractivity contribution in [2.75, 3.05) is 17.1 Å². The van der Waals surface area contributed by atoms with E-state index in [4.69, 9.17) is 0 Å². The summed E-state index contributed by atoms with van der Waals surface area (Å²) in [5.41, 5.74) is 2.57. The van der Waals surface area contributed by atoms with Gasteiger partial charge in [0.05, 0.1) is 18.3 Å². The van der Waals surface area contributed by atoms with Crippen molar-refractivity contribution in [2.24, 2.45) is 0 Å². The number of nitrogens with one attached hydrogen (secondary N) is 1. The number of carbonyl (C=O) groups is 1. The van der Waals surface area contributed by atoms with E-state index in [9.17, 15) is 13.2 Å². The van der Waals surface area contributed by atoms with Gasteiger partial charge in [-0.05, 0) is 49.9 Å². The summed E-state index contributed by atoms with van der Waals surface area (Å²) in [7, 11) is -3.61. The molecule has 1 unspecified atom stereocenters. The lowest BCUT2D eigenvalue weighted by molar-refractivity contribution is -0.122. The number of hydrogen-bond donors (Lipinski definition) is 1. The Bertz CT molecular complexity index is 863. The predicted molar refractivity (Wildman–Crippen MR) is 107 cm³/mol. The van der Waals surface area contributed by atoms with Gasteiger partial charge in [0, 0.05) is 25.5 Å². The number of imidazole rings is 1. The lowest BCUT2D eigenvalue weighted by Crippen LogP contribution is -2.49. The molecule has 0 saturated carbocycles. The summed E-state index contributed by atoms with van der Waals surface area (Å²) < 4.78 is 28.1. The quantitative estimate of drug-likeness (QED) is 0.664. The van der Waals surface area contributed by atoms with Crippen LogP contribution in [0.15, 0.2) is 36.9 Å². The van der Waals surface area contributed by atoms with Gasteiger partial charge >= 0.3 is 0 Å². The summed E-state index contributed by atoms with van der Waals surface area (Å²) in [5, 5.41) is 2.87. The van der Waals surface area contributed by atoms with E-state index >= 15 is 0 Å². The summed E-state index contributed by atoms with van der Waals surface area (Å²) in [6, 6.07) is 4.65. The molecule has 2 aromatic rings. The number of benzene rings is 1. The Labute approximate surface area is 161 Å². The third-order valence-electron chi connectivity index (χ3n) is 4.53. The van der Waals surface area contributed by atoms with E-state index in [0.717, 1.165) is 30.3 Å². The fourth-order valence-electron chi connectivity index (χ4n) is 2.93. The van der Waals surface area contributed by atoms with Gasteiger partial charge < -0.3 is 9.88 Å². The summed E-state index contributed by atoms with van der Waals surface area (Å²) in [5.74, 6) is -0.285. The van der Waals surface area contributed by atoms with Gasteiger partial charge in [-0.3, -0.25) is 9.10 Å². The van der Waals surface area contributed by atoms with Crippen LogP contribution in [0.1, 0.15) is 30.9 Å². The Kier molecular flexibility index (Phi) is 7.01. The van der Waals surface area contributed by atoms with Crippen molar-refractivity contribution in [3.8, 4) is 0 Å². The third kappa shape index (κ3) is 5.56. The second-order valence-electron chi connectivity index (χ2n) is 6.70. The van der Waals surface area contributed by atoms with E-state index in [2.05, 4.69) is 10.3 Å². The topological polar surface area (TPSA) is 84.3 Å². The first-order valence-corrected chi connectivity index (χ1v) is 10.9. The van der Waals surface area contributed by atoms with Crippen LogP contribution in [0.3, 0.4) is 0 Å². The van der Waals surface area contributed by atoms with Crippen LogP contribution >= 0.6 is 0 Å². The average molecular weight is 393 g/mol. The van der Waals surface area contributed by atoms with Crippen molar-refractivity contribution in [1.82, 2.24) is 14.9 Å². The SMILES string of the molecule is CCC(C(=O)NCCCn1ccnc1)N(c1ccc(C)c(C)c1)S(C)(=O)=O. The van der Waals surface area contributed by atoms with Crippen molar-refractivity contribution >= 4 is 21.6 Å². The van der Waals surface area contributed by atoms with E-state index in [1.807, 2.05) is 43.7 Å². The van der Waals surface area contributed by atoms with Crippen LogP contribution in [0.25, 0.3) is 0 Å². The van der Waals surface area contributed by atoms with Gasteiger partial charge in [0.25, 0.3) is 0 Å².